The first-order valence-electron chi connectivity index (χ1n) is 5.32. The van der Waals surface area contributed by atoms with Gasteiger partial charge in [0.05, 0.1) is 0 Å². The molecule has 0 radical (unpaired) electrons. The Balaban J connectivity index is 2.04. The van der Waals surface area contributed by atoms with E-state index >= 15 is 0 Å². The van der Waals surface area contributed by atoms with Crippen molar-refractivity contribution in [1.82, 2.24) is 0 Å². The number of rotatable bonds is 3. The molecule has 0 aromatic heterocycles. The Morgan fingerprint density at radius 1 is 1.12 bits per heavy atom. The molecule has 2 nitrogen and oxygen atoms in total. The van der Waals surface area contributed by atoms with Gasteiger partial charge in [-0.25, -0.2) is 0 Å². The number of aromatic hydroxyl groups is 1. The van der Waals surface area contributed by atoms with Crippen LogP contribution < -0.4 is 4.74 Å². The molecule has 0 aliphatic carbocycles. The Morgan fingerprint density at radius 2 is 1.82 bits per heavy atom. The highest BCUT2D eigenvalue weighted by Gasteiger charge is 2.02. The van der Waals surface area contributed by atoms with Gasteiger partial charge in [-0.2, -0.15) is 0 Å². The van der Waals surface area contributed by atoms with Gasteiger partial charge in [0, 0.05) is 10.0 Å². The van der Waals surface area contributed by atoms with E-state index in [0.717, 1.165) is 15.8 Å². The Labute approximate surface area is 109 Å². The molecule has 2 aromatic carbocycles. The predicted molar refractivity (Wildman–Crippen MR) is 71.3 cm³/mol. The summed E-state index contributed by atoms with van der Waals surface area (Å²) in [6.45, 7) is 2.40. The summed E-state index contributed by atoms with van der Waals surface area (Å²) in [6, 6.07) is 13.2. The van der Waals surface area contributed by atoms with Gasteiger partial charge >= 0.3 is 0 Å². The smallest absolute Gasteiger partial charge is 0.123 e. The number of ether oxygens (including phenoxy) is 1. The van der Waals surface area contributed by atoms with Gasteiger partial charge in [-0.1, -0.05) is 39.7 Å². The van der Waals surface area contributed by atoms with Crippen molar-refractivity contribution >= 4 is 15.9 Å². The summed E-state index contributed by atoms with van der Waals surface area (Å²) < 4.78 is 6.45. The van der Waals surface area contributed by atoms with Crippen LogP contribution in [0.5, 0.6) is 11.5 Å². The maximum atomic E-state index is 9.70. The lowest BCUT2D eigenvalue weighted by atomic mass is 10.2. The third-order valence-electron chi connectivity index (χ3n) is 2.46. The second-order valence-corrected chi connectivity index (χ2v) is 4.79. The van der Waals surface area contributed by atoms with Crippen LogP contribution in [-0.2, 0) is 6.61 Å². The van der Waals surface area contributed by atoms with Crippen molar-refractivity contribution in [3.63, 3.8) is 0 Å². The zero-order chi connectivity index (χ0) is 12.3. The van der Waals surface area contributed by atoms with Gasteiger partial charge in [0.25, 0.3) is 0 Å². The van der Waals surface area contributed by atoms with Crippen molar-refractivity contribution in [2.45, 2.75) is 13.5 Å². The molecule has 2 rings (SSSR count). The average molecular weight is 293 g/mol. The van der Waals surface area contributed by atoms with Crippen LogP contribution >= 0.6 is 15.9 Å². The van der Waals surface area contributed by atoms with Crippen molar-refractivity contribution in [3.05, 3.63) is 58.1 Å². The first kappa shape index (κ1) is 12.0. The van der Waals surface area contributed by atoms with Crippen molar-refractivity contribution < 1.29 is 9.84 Å². The molecule has 0 heterocycles. The number of halogens is 1. The SMILES string of the molecule is Cc1ccc(OCc2ccc(Br)cc2O)cc1. The van der Waals surface area contributed by atoms with Crippen LogP contribution in [0.25, 0.3) is 0 Å². The monoisotopic (exact) mass is 292 g/mol. The lowest BCUT2D eigenvalue weighted by molar-refractivity contribution is 0.299. The fraction of sp³-hybridized carbons (Fsp3) is 0.143. The minimum atomic E-state index is 0.242. The van der Waals surface area contributed by atoms with E-state index in [1.807, 2.05) is 43.3 Å². The van der Waals surface area contributed by atoms with Crippen molar-refractivity contribution in [1.29, 1.82) is 0 Å². The molecule has 1 N–H and O–H groups in total. The summed E-state index contributed by atoms with van der Waals surface area (Å²) >= 11 is 3.30. The van der Waals surface area contributed by atoms with Crippen molar-refractivity contribution in [2.75, 3.05) is 0 Å². The summed E-state index contributed by atoms with van der Waals surface area (Å²) in [4.78, 5) is 0. The second kappa shape index (κ2) is 5.23. The fourth-order valence-electron chi connectivity index (χ4n) is 1.45. The minimum Gasteiger partial charge on any atom is -0.507 e. The van der Waals surface area contributed by atoms with Gasteiger partial charge in [-0.3, -0.25) is 0 Å². The van der Waals surface area contributed by atoms with Crippen LogP contribution in [-0.4, -0.2) is 5.11 Å². The molecule has 0 spiro atoms. The zero-order valence-electron chi connectivity index (χ0n) is 9.48. The molecule has 0 fully saturated rings. The Kier molecular flexibility index (Phi) is 3.69. The predicted octanol–water partition coefficient (Wildman–Crippen LogP) is 4.04. The van der Waals surface area contributed by atoms with Gasteiger partial charge in [0.15, 0.2) is 0 Å². The molecule has 3 heteroatoms. The van der Waals surface area contributed by atoms with Gasteiger partial charge in [-0.05, 0) is 31.2 Å². The largest absolute Gasteiger partial charge is 0.507 e. The third kappa shape index (κ3) is 3.24. The zero-order valence-corrected chi connectivity index (χ0v) is 11.1. The van der Waals surface area contributed by atoms with Gasteiger partial charge in [-0.15, -0.1) is 0 Å². The molecule has 0 atom stereocenters. The first-order valence-corrected chi connectivity index (χ1v) is 6.11. The Hall–Kier alpha value is -1.48. The maximum absolute atomic E-state index is 9.70. The van der Waals surface area contributed by atoms with Gasteiger partial charge in [0.2, 0.25) is 0 Å². The summed E-state index contributed by atoms with van der Waals surface area (Å²) in [5.41, 5.74) is 1.97. The molecule has 88 valence electrons. The van der Waals surface area contributed by atoms with Gasteiger partial charge in [0.1, 0.15) is 18.1 Å². The quantitative estimate of drug-likeness (QED) is 0.925. The van der Waals surface area contributed by atoms with Crippen LogP contribution in [0.1, 0.15) is 11.1 Å². The van der Waals surface area contributed by atoms with E-state index in [-0.39, 0.29) is 5.75 Å². The molecular weight excluding hydrogens is 280 g/mol. The van der Waals surface area contributed by atoms with Crippen molar-refractivity contribution in [2.24, 2.45) is 0 Å². The Morgan fingerprint density at radius 3 is 2.47 bits per heavy atom. The summed E-state index contributed by atoms with van der Waals surface area (Å²) in [7, 11) is 0. The van der Waals surface area contributed by atoms with Crippen LogP contribution in [0.3, 0.4) is 0 Å². The Bertz CT molecular complexity index is 506. The van der Waals surface area contributed by atoms with E-state index in [2.05, 4.69) is 15.9 Å². The molecule has 17 heavy (non-hydrogen) atoms. The van der Waals surface area contributed by atoms with E-state index < -0.39 is 0 Å². The maximum Gasteiger partial charge on any atom is 0.123 e. The van der Waals surface area contributed by atoms with Gasteiger partial charge < -0.3 is 9.84 Å². The summed E-state index contributed by atoms with van der Waals surface area (Å²) in [5, 5.41) is 9.70. The van der Waals surface area contributed by atoms with E-state index in [1.54, 1.807) is 6.07 Å². The minimum absolute atomic E-state index is 0.242. The molecule has 0 unspecified atom stereocenters. The number of phenolic OH excluding ortho intramolecular Hbond substituents is 1. The molecular formula is C14H13BrO2. The normalized spacial score (nSPS) is 10.2. The van der Waals surface area contributed by atoms with E-state index in [4.69, 9.17) is 4.74 Å². The first-order chi connectivity index (χ1) is 8.15. The molecule has 0 aliphatic rings. The average Bonchev–Trinajstić information content (AvgIpc) is 2.30. The number of hydrogen-bond donors (Lipinski definition) is 1. The second-order valence-electron chi connectivity index (χ2n) is 3.87. The molecule has 0 amide bonds. The van der Waals surface area contributed by atoms with Crippen LogP contribution in [0.4, 0.5) is 0 Å². The molecule has 0 aliphatic heterocycles. The number of phenols is 1. The number of hydrogen-bond acceptors (Lipinski definition) is 2. The van der Waals surface area contributed by atoms with Crippen LogP contribution in [0, 0.1) is 6.92 Å². The lowest BCUT2D eigenvalue weighted by Gasteiger charge is -2.08. The fourth-order valence-corrected chi connectivity index (χ4v) is 1.80. The highest BCUT2D eigenvalue weighted by Crippen LogP contribution is 2.23. The highest BCUT2D eigenvalue weighted by molar-refractivity contribution is 9.10. The van der Waals surface area contributed by atoms with Crippen LogP contribution in [0.2, 0.25) is 0 Å². The number of aryl methyl sites for hydroxylation is 1. The molecule has 0 bridgehead atoms. The molecule has 0 saturated carbocycles. The lowest BCUT2D eigenvalue weighted by Crippen LogP contribution is -1.95. The molecule has 0 saturated heterocycles. The topological polar surface area (TPSA) is 29.5 Å². The highest BCUT2D eigenvalue weighted by atomic mass is 79.9. The molecule has 2 aromatic rings. The summed E-state index contributed by atoms with van der Waals surface area (Å²) in [6.07, 6.45) is 0. The van der Waals surface area contributed by atoms with E-state index in [9.17, 15) is 5.11 Å². The van der Waals surface area contributed by atoms with E-state index in [1.165, 1.54) is 5.56 Å². The number of benzene rings is 2. The third-order valence-corrected chi connectivity index (χ3v) is 2.96. The standard InChI is InChI=1S/C14H13BrO2/c1-10-2-6-13(7-3-10)17-9-11-4-5-12(15)8-14(11)16/h2-8,16H,9H2,1H3. The van der Waals surface area contributed by atoms with E-state index in [0.29, 0.717) is 6.61 Å². The summed E-state index contributed by atoms with van der Waals surface area (Å²) in [5.74, 6) is 1.05. The van der Waals surface area contributed by atoms with Crippen molar-refractivity contribution in [3.8, 4) is 11.5 Å². The van der Waals surface area contributed by atoms with Crippen LogP contribution in [0.15, 0.2) is 46.9 Å².